The van der Waals surface area contributed by atoms with Gasteiger partial charge in [0.05, 0.1) is 38.6 Å². The first-order chi connectivity index (χ1) is 44.3. The lowest BCUT2D eigenvalue weighted by Crippen LogP contribution is -2.66. The lowest BCUT2D eigenvalue weighted by Gasteiger charge is -2.48. The SMILES string of the molecule is CCCCCCCCCCCCCCCCCCCCCCCCCCCCCCCCCCC(O)C(COC1OC(CO)C(OC2OC(CO)C(OC3OC(CO)C(O)C(O)C3O)C(O)C2O)C(O)C1O)NC(=O)CCCCCCCCCCCCCCCC. The highest BCUT2D eigenvalue weighted by Crippen LogP contribution is 2.33. The Morgan fingerprint density at radius 2 is 0.626 bits per heavy atom. The van der Waals surface area contributed by atoms with Crippen LogP contribution in [0.15, 0.2) is 0 Å². The molecule has 0 saturated carbocycles. The van der Waals surface area contributed by atoms with Crippen molar-refractivity contribution < 1.29 is 89.4 Å². The molecule has 0 bridgehead atoms. The Kier molecular flexibility index (Phi) is 50.6. The number of aliphatic hydroxyl groups is 11. The molecule has 1 amide bonds. The Hall–Kier alpha value is -1.21. The number of amides is 1. The first-order valence-electron chi connectivity index (χ1n) is 37.8. The van der Waals surface area contributed by atoms with E-state index in [1.807, 2.05) is 0 Å². The zero-order valence-electron chi connectivity index (χ0n) is 57.4. The third-order valence-corrected chi connectivity index (χ3v) is 19.4. The van der Waals surface area contributed by atoms with Gasteiger partial charge in [0, 0.05) is 6.42 Å². The van der Waals surface area contributed by atoms with Crippen LogP contribution in [0.4, 0.5) is 0 Å². The summed E-state index contributed by atoms with van der Waals surface area (Å²) >= 11 is 0. The maximum Gasteiger partial charge on any atom is 0.220 e. The van der Waals surface area contributed by atoms with Crippen molar-refractivity contribution in [3.05, 3.63) is 0 Å². The number of hydrogen-bond acceptors (Lipinski definition) is 18. The first-order valence-corrected chi connectivity index (χ1v) is 37.8. The Bertz CT molecular complexity index is 1650. The van der Waals surface area contributed by atoms with Crippen LogP contribution in [-0.4, -0.2) is 193 Å². The van der Waals surface area contributed by atoms with Crippen LogP contribution >= 0.6 is 0 Å². The number of hydrogen-bond donors (Lipinski definition) is 12. The van der Waals surface area contributed by atoms with E-state index in [-0.39, 0.29) is 18.9 Å². The normalized spacial score (nSPS) is 27.8. The van der Waals surface area contributed by atoms with Crippen molar-refractivity contribution in [3.63, 3.8) is 0 Å². The molecular formula is C72H139NO18. The van der Waals surface area contributed by atoms with Gasteiger partial charge in [0.2, 0.25) is 5.91 Å². The van der Waals surface area contributed by atoms with Crippen LogP contribution < -0.4 is 5.32 Å². The van der Waals surface area contributed by atoms with Gasteiger partial charge in [-0.25, -0.2) is 0 Å². The number of carbonyl (C=O) groups excluding carboxylic acids is 1. The summed E-state index contributed by atoms with van der Waals surface area (Å²) in [7, 11) is 0. The summed E-state index contributed by atoms with van der Waals surface area (Å²) in [6.45, 7) is 1.84. The topological polar surface area (TPSA) is 307 Å². The van der Waals surface area contributed by atoms with Crippen LogP contribution in [0.25, 0.3) is 0 Å². The standard InChI is InChI=1S/C72H139NO18/c1-3-5-7-9-11-13-15-17-19-20-21-22-23-24-25-26-27-28-29-30-31-32-33-34-35-36-37-39-41-43-45-47-49-56(77)55(73-60(78)50-48-46-44-42-40-38-18-16-14-12-10-8-6-4-2)54-86-70-66(84)63(81)68(58(52-75)88-70)91-72-67(85)64(82)69(59(53-76)89-72)90-71-65(83)62(80)61(79)57(51-74)87-71/h55-59,61-72,74-77,79-85H,3-54H2,1-2H3,(H,73,78). The molecule has 12 N–H and O–H groups in total. The van der Waals surface area contributed by atoms with Crippen LogP contribution in [0.3, 0.4) is 0 Å². The highest BCUT2D eigenvalue weighted by atomic mass is 16.8. The second-order valence-corrected chi connectivity index (χ2v) is 27.5. The van der Waals surface area contributed by atoms with E-state index in [9.17, 15) is 61.0 Å². The molecule has 19 heteroatoms. The van der Waals surface area contributed by atoms with Crippen LogP contribution in [0.5, 0.6) is 0 Å². The van der Waals surface area contributed by atoms with E-state index in [4.69, 9.17) is 28.4 Å². The molecule has 0 aromatic rings. The Morgan fingerprint density at radius 1 is 0.352 bits per heavy atom. The fourth-order valence-corrected chi connectivity index (χ4v) is 13.3. The molecule has 19 nitrogen and oxygen atoms in total. The molecule has 91 heavy (non-hydrogen) atoms. The predicted molar refractivity (Wildman–Crippen MR) is 356 cm³/mol. The van der Waals surface area contributed by atoms with Gasteiger partial charge in [0.25, 0.3) is 0 Å². The van der Waals surface area contributed by atoms with Gasteiger partial charge in [-0.3, -0.25) is 4.79 Å². The second kappa shape index (κ2) is 54.8. The highest BCUT2D eigenvalue weighted by Gasteiger charge is 2.53. The largest absolute Gasteiger partial charge is 0.394 e. The fraction of sp³-hybridized carbons (Fsp3) is 0.986. The molecule has 3 heterocycles. The molecule has 0 radical (unpaired) electrons. The molecule has 0 spiro atoms. The molecule has 3 fully saturated rings. The number of unbranched alkanes of at least 4 members (excludes halogenated alkanes) is 44. The molecule has 540 valence electrons. The Balaban J connectivity index is 1.35. The summed E-state index contributed by atoms with van der Waals surface area (Å²) in [5.74, 6) is -0.236. The van der Waals surface area contributed by atoms with Crippen molar-refractivity contribution in [1.29, 1.82) is 0 Å². The quantitative estimate of drug-likeness (QED) is 0.0252. The summed E-state index contributed by atoms with van der Waals surface area (Å²) in [5, 5.41) is 121. The number of carbonyl (C=O) groups is 1. The van der Waals surface area contributed by atoms with E-state index >= 15 is 0 Å². The van der Waals surface area contributed by atoms with E-state index in [1.54, 1.807) is 0 Å². The smallest absolute Gasteiger partial charge is 0.220 e. The molecule has 0 aromatic carbocycles. The van der Waals surface area contributed by atoms with Crippen molar-refractivity contribution in [3.8, 4) is 0 Å². The fourth-order valence-electron chi connectivity index (χ4n) is 13.3. The lowest BCUT2D eigenvalue weighted by molar-refractivity contribution is -0.379. The van der Waals surface area contributed by atoms with E-state index in [2.05, 4.69) is 19.2 Å². The highest BCUT2D eigenvalue weighted by molar-refractivity contribution is 5.76. The third kappa shape index (κ3) is 36.3. The van der Waals surface area contributed by atoms with Crippen molar-refractivity contribution in [1.82, 2.24) is 5.32 Å². The maximum absolute atomic E-state index is 13.4. The summed E-state index contributed by atoms with van der Waals surface area (Å²) in [5.41, 5.74) is 0. The molecule has 0 aromatic heterocycles. The van der Waals surface area contributed by atoms with Gasteiger partial charge in [-0.1, -0.05) is 303 Å². The average molecular weight is 1310 g/mol. The molecule has 3 aliphatic heterocycles. The molecular weight excluding hydrogens is 1170 g/mol. The summed E-state index contributed by atoms with van der Waals surface area (Å²) < 4.78 is 34.4. The molecule has 17 unspecified atom stereocenters. The van der Waals surface area contributed by atoms with E-state index in [0.29, 0.717) is 12.8 Å². The summed E-state index contributed by atoms with van der Waals surface area (Å²) in [6.07, 6.45) is 33.5. The van der Waals surface area contributed by atoms with Gasteiger partial charge in [-0.15, -0.1) is 0 Å². The van der Waals surface area contributed by atoms with Crippen LogP contribution in [0, 0.1) is 0 Å². The first kappa shape index (κ1) is 84.0. The van der Waals surface area contributed by atoms with Gasteiger partial charge in [-0.2, -0.15) is 0 Å². The van der Waals surface area contributed by atoms with Crippen LogP contribution in [-0.2, 0) is 33.2 Å². The molecule has 3 aliphatic rings. The van der Waals surface area contributed by atoms with Crippen LogP contribution in [0.1, 0.15) is 322 Å². The molecule has 17 atom stereocenters. The zero-order chi connectivity index (χ0) is 66.1. The number of nitrogens with one attached hydrogen (secondary N) is 1. The minimum Gasteiger partial charge on any atom is -0.394 e. The molecule has 3 rings (SSSR count). The third-order valence-electron chi connectivity index (χ3n) is 19.4. The number of ether oxygens (including phenoxy) is 6. The van der Waals surface area contributed by atoms with Gasteiger partial charge in [0.1, 0.15) is 73.2 Å². The zero-order valence-corrected chi connectivity index (χ0v) is 57.4. The maximum atomic E-state index is 13.4. The summed E-state index contributed by atoms with van der Waals surface area (Å²) in [6, 6.07) is -0.882. The van der Waals surface area contributed by atoms with Gasteiger partial charge in [-0.05, 0) is 12.8 Å². The van der Waals surface area contributed by atoms with E-state index in [1.165, 1.54) is 244 Å². The van der Waals surface area contributed by atoms with Crippen molar-refractivity contribution in [2.45, 2.75) is 426 Å². The van der Waals surface area contributed by atoms with Gasteiger partial charge in [0.15, 0.2) is 18.9 Å². The minimum absolute atomic E-state index is 0.236. The van der Waals surface area contributed by atoms with Gasteiger partial charge < -0.3 is 89.9 Å². The number of rotatable bonds is 60. The van der Waals surface area contributed by atoms with E-state index in [0.717, 1.165) is 44.9 Å². The predicted octanol–water partition coefficient (Wildman–Crippen LogP) is 11.1. The second-order valence-electron chi connectivity index (χ2n) is 27.5. The minimum atomic E-state index is -1.97. The van der Waals surface area contributed by atoms with E-state index < -0.39 is 124 Å². The molecule has 3 saturated heterocycles. The monoisotopic (exact) mass is 1310 g/mol. The Labute approximate surface area is 551 Å². The van der Waals surface area contributed by atoms with Gasteiger partial charge >= 0.3 is 0 Å². The molecule has 0 aliphatic carbocycles. The van der Waals surface area contributed by atoms with Crippen molar-refractivity contribution >= 4 is 5.91 Å². The average Bonchev–Trinajstić information content (AvgIpc) is 0.889. The van der Waals surface area contributed by atoms with Crippen molar-refractivity contribution in [2.24, 2.45) is 0 Å². The lowest BCUT2D eigenvalue weighted by atomic mass is 9.96. The Morgan fingerprint density at radius 3 is 0.956 bits per heavy atom. The van der Waals surface area contributed by atoms with Crippen molar-refractivity contribution in [2.75, 3.05) is 26.4 Å². The number of aliphatic hydroxyl groups excluding tert-OH is 11. The van der Waals surface area contributed by atoms with Crippen LogP contribution in [0.2, 0.25) is 0 Å². The summed E-state index contributed by atoms with van der Waals surface area (Å²) in [4.78, 5) is 13.4.